The van der Waals surface area contributed by atoms with Crippen LogP contribution in [-0.4, -0.2) is 29.6 Å². The molecule has 0 radical (unpaired) electrons. The maximum atomic E-state index is 13.2. The number of hydrogen-bond acceptors (Lipinski definition) is 5. The highest BCUT2D eigenvalue weighted by atomic mass is 32.1. The van der Waals surface area contributed by atoms with Crippen LogP contribution in [0.4, 0.5) is 5.00 Å². The molecule has 6 nitrogen and oxygen atoms in total. The molecular weight excluding hydrogens is 414 g/mol. The Kier molecular flexibility index (Phi) is 5.96. The van der Waals surface area contributed by atoms with Crippen LogP contribution < -0.4 is 5.32 Å². The molecule has 7 heteroatoms. The maximum Gasteiger partial charge on any atom is 0.341 e. The number of benzene rings is 1. The summed E-state index contributed by atoms with van der Waals surface area (Å²) in [6.07, 6.45) is 5.22. The SMILES string of the molecule is CCCOC(=O)c1c(NC(=O)[C@H]2[C@@H](C(=O)O)[C@H]3C=C[C@H]2C3)sc(C)c1-c1ccccc1. The van der Waals surface area contributed by atoms with E-state index in [-0.39, 0.29) is 24.3 Å². The van der Waals surface area contributed by atoms with Crippen molar-refractivity contribution in [1.82, 2.24) is 0 Å². The molecular formula is C24H25NO5S. The van der Waals surface area contributed by atoms with Crippen LogP contribution in [-0.2, 0) is 14.3 Å². The number of carbonyl (C=O) groups is 3. The van der Waals surface area contributed by atoms with Crippen LogP contribution in [0.2, 0.25) is 0 Å². The summed E-state index contributed by atoms with van der Waals surface area (Å²) in [5.74, 6) is -3.37. The molecule has 162 valence electrons. The molecule has 31 heavy (non-hydrogen) atoms. The third kappa shape index (κ3) is 3.90. The topological polar surface area (TPSA) is 92.7 Å². The molecule has 1 fully saturated rings. The molecule has 2 aliphatic rings. The number of carbonyl (C=O) groups excluding carboxylic acids is 2. The first-order valence-electron chi connectivity index (χ1n) is 10.5. The van der Waals surface area contributed by atoms with Gasteiger partial charge in [0.2, 0.25) is 5.91 Å². The molecule has 4 rings (SSSR count). The molecule has 0 spiro atoms. The van der Waals surface area contributed by atoms with E-state index >= 15 is 0 Å². The Balaban J connectivity index is 1.70. The third-order valence-electron chi connectivity index (χ3n) is 6.07. The minimum atomic E-state index is -0.952. The minimum absolute atomic E-state index is 0.0868. The molecule has 2 aromatic rings. The Morgan fingerprint density at radius 3 is 2.45 bits per heavy atom. The van der Waals surface area contributed by atoms with Crippen molar-refractivity contribution < 1.29 is 24.2 Å². The summed E-state index contributed by atoms with van der Waals surface area (Å²) in [5, 5.41) is 13.0. The van der Waals surface area contributed by atoms with E-state index in [9.17, 15) is 19.5 Å². The smallest absolute Gasteiger partial charge is 0.341 e. The fourth-order valence-corrected chi connectivity index (χ4v) is 5.83. The van der Waals surface area contributed by atoms with Crippen LogP contribution in [0.1, 0.15) is 35.0 Å². The number of amides is 1. The van der Waals surface area contributed by atoms with Crippen LogP contribution in [0.3, 0.4) is 0 Å². The second-order valence-electron chi connectivity index (χ2n) is 8.07. The molecule has 4 atom stereocenters. The minimum Gasteiger partial charge on any atom is -0.481 e. The van der Waals surface area contributed by atoms with Gasteiger partial charge in [-0.05, 0) is 37.2 Å². The van der Waals surface area contributed by atoms with Crippen molar-refractivity contribution >= 4 is 34.2 Å². The number of allylic oxidation sites excluding steroid dienone is 2. The first-order valence-corrected chi connectivity index (χ1v) is 11.3. The van der Waals surface area contributed by atoms with Crippen molar-refractivity contribution in [3.8, 4) is 11.1 Å². The van der Waals surface area contributed by atoms with Gasteiger partial charge in [0.05, 0.1) is 18.4 Å². The third-order valence-corrected chi connectivity index (χ3v) is 7.09. The average molecular weight is 440 g/mol. The highest BCUT2D eigenvalue weighted by Gasteiger charge is 2.51. The normalized spacial score (nSPS) is 23.7. The van der Waals surface area contributed by atoms with Crippen molar-refractivity contribution in [2.45, 2.75) is 26.7 Å². The molecule has 0 unspecified atom stereocenters. The lowest BCUT2D eigenvalue weighted by molar-refractivity contribution is -0.146. The van der Waals surface area contributed by atoms with Gasteiger partial charge in [-0.25, -0.2) is 4.79 Å². The molecule has 0 saturated heterocycles. The van der Waals surface area contributed by atoms with E-state index in [0.29, 0.717) is 23.4 Å². The quantitative estimate of drug-likeness (QED) is 0.480. The van der Waals surface area contributed by atoms with Gasteiger partial charge in [-0.15, -0.1) is 11.3 Å². The Morgan fingerprint density at radius 1 is 1.13 bits per heavy atom. The van der Waals surface area contributed by atoms with Gasteiger partial charge in [0, 0.05) is 10.4 Å². The summed E-state index contributed by atoms with van der Waals surface area (Å²) in [7, 11) is 0. The van der Waals surface area contributed by atoms with E-state index in [2.05, 4.69) is 5.32 Å². The molecule has 1 saturated carbocycles. The van der Waals surface area contributed by atoms with Gasteiger partial charge >= 0.3 is 11.9 Å². The lowest BCUT2D eigenvalue weighted by Crippen LogP contribution is -2.36. The van der Waals surface area contributed by atoms with E-state index in [0.717, 1.165) is 16.0 Å². The first kappa shape index (κ1) is 21.3. The molecule has 2 aliphatic carbocycles. The zero-order valence-corrected chi connectivity index (χ0v) is 18.3. The Hall–Kier alpha value is -2.93. The number of nitrogens with one attached hydrogen (secondary N) is 1. The second-order valence-corrected chi connectivity index (χ2v) is 9.29. The van der Waals surface area contributed by atoms with Gasteiger partial charge in [0.15, 0.2) is 0 Å². The maximum absolute atomic E-state index is 13.2. The Bertz CT molecular complexity index is 1040. The number of esters is 1. The fraction of sp³-hybridized carbons (Fsp3) is 0.375. The fourth-order valence-electron chi connectivity index (χ4n) is 4.76. The number of anilines is 1. The molecule has 0 aliphatic heterocycles. The standard InChI is InChI=1S/C24H25NO5S/c1-3-11-30-24(29)20-17(14-7-5-4-6-8-14)13(2)31-22(20)25-21(26)18-15-9-10-16(12-15)19(18)23(27)28/h4-10,15-16,18-19H,3,11-12H2,1-2H3,(H,25,26)(H,27,28)/t15-,16-,18+,19-/m0/s1. The second kappa shape index (κ2) is 8.67. The highest BCUT2D eigenvalue weighted by molar-refractivity contribution is 7.17. The molecule has 2 N–H and O–H groups in total. The van der Waals surface area contributed by atoms with Crippen LogP contribution >= 0.6 is 11.3 Å². The number of ether oxygens (including phenoxy) is 1. The van der Waals surface area contributed by atoms with Gasteiger partial charge in [0.25, 0.3) is 0 Å². The number of thiophene rings is 1. The van der Waals surface area contributed by atoms with Crippen molar-refractivity contribution in [3.63, 3.8) is 0 Å². The predicted molar refractivity (Wildman–Crippen MR) is 119 cm³/mol. The number of carboxylic acid groups (broad SMARTS) is 1. The van der Waals surface area contributed by atoms with E-state index in [4.69, 9.17) is 4.74 Å². The van der Waals surface area contributed by atoms with E-state index in [1.54, 1.807) is 0 Å². The largest absolute Gasteiger partial charge is 0.481 e. The summed E-state index contributed by atoms with van der Waals surface area (Å²) in [4.78, 5) is 38.9. The summed E-state index contributed by atoms with van der Waals surface area (Å²) < 4.78 is 5.42. The van der Waals surface area contributed by atoms with E-state index in [1.807, 2.05) is 56.3 Å². The monoisotopic (exact) mass is 439 g/mol. The van der Waals surface area contributed by atoms with Crippen molar-refractivity contribution in [3.05, 3.63) is 52.9 Å². The zero-order valence-electron chi connectivity index (χ0n) is 17.5. The number of aliphatic carboxylic acids is 1. The van der Waals surface area contributed by atoms with E-state index in [1.165, 1.54) is 11.3 Å². The van der Waals surface area contributed by atoms with Gasteiger partial charge in [-0.2, -0.15) is 0 Å². The Labute approximate surface area is 184 Å². The highest BCUT2D eigenvalue weighted by Crippen LogP contribution is 2.49. The van der Waals surface area contributed by atoms with Crippen molar-refractivity contribution in [2.75, 3.05) is 11.9 Å². The Morgan fingerprint density at radius 2 is 1.81 bits per heavy atom. The van der Waals surface area contributed by atoms with Gasteiger partial charge < -0.3 is 15.2 Å². The van der Waals surface area contributed by atoms with E-state index < -0.39 is 23.8 Å². The average Bonchev–Trinajstić information content (AvgIpc) is 3.45. The van der Waals surface area contributed by atoms with Gasteiger partial charge in [0.1, 0.15) is 10.6 Å². The van der Waals surface area contributed by atoms with Crippen LogP contribution in [0.25, 0.3) is 11.1 Å². The van der Waals surface area contributed by atoms with Crippen LogP contribution in [0.5, 0.6) is 0 Å². The summed E-state index contributed by atoms with van der Waals surface area (Å²) >= 11 is 1.32. The van der Waals surface area contributed by atoms with Crippen LogP contribution in [0, 0.1) is 30.6 Å². The first-order chi connectivity index (χ1) is 14.9. The molecule has 1 heterocycles. The van der Waals surface area contributed by atoms with Crippen molar-refractivity contribution in [1.29, 1.82) is 0 Å². The molecule has 1 aromatic carbocycles. The van der Waals surface area contributed by atoms with Crippen molar-refractivity contribution in [2.24, 2.45) is 23.7 Å². The number of rotatable bonds is 7. The number of aryl methyl sites for hydroxylation is 1. The lowest BCUT2D eigenvalue weighted by atomic mass is 9.82. The summed E-state index contributed by atoms with van der Waals surface area (Å²) in [5.41, 5.74) is 1.94. The zero-order chi connectivity index (χ0) is 22.1. The predicted octanol–water partition coefficient (Wildman–Crippen LogP) is 4.75. The number of carboxylic acids is 1. The molecule has 1 amide bonds. The molecule has 1 aromatic heterocycles. The van der Waals surface area contributed by atoms with Gasteiger partial charge in [-0.1, -0.05) is 49.4 Å². The van der Waals surface area contributed by atoms with Gasteiger partial charge in [-0.3, -0.25) is 9.59 Å². The van der Waals surface area contributed by atoms with Crippen LogP contribution in [0.15, 0.2) is 42.5 Å². The molecule has 2 bridgehead atoms. The summed E-state index contributed by atoms with van der Waals surface area (Å²) in [6, 6.07) is 9.52. The number of hydrogen-bond donors (Lipinski definition) is 2. The summed E-state index contributed by atoms with van der Waals surface area (Å²) in [6.45, 7) is 4.11. The number of fused-ring (bicyclic) bond motifs is 2. The lowest BCUT2D eigenvalue weighted by Gasteiger charge is -2.23.